The quantitative estimate of drug-likeness (QED) is 0.719. The summed E-state index contributed by atoms with van der Waals surface area (Å²) in [6.45, 7) is 3.12. The summed E-state index contributed by atoms with van der Waals surface area (Å²) in [6, 6.07) is 8.86. The van der Waals surface area contributed by atoms with E-state index in [2.05, 4.69) is 10.1 Å². The van der Waals surface area contributed by atoms with Crippen LogP contribution >= 0.6 is 0 Å². The maximum Gasteiger partial charge on any atom is 0.280 e. The molecule has 0 saturated heterocycles. The molecule has 0 aliphatic carbocycles. The van der Waals surface area contributed by atoms with E-state index in [0.717, 1.165) is 0 Å². The van der Waals surface area contributed by atoms with E-state index in [-0.39, 0.29) is 22.3 Å². The second-order valence-corrected chi connectivity index (χ2v) is 5.78. The van der Waals surface area contributed by atoms with Crippen LogP contribution in [0.15, 0.2) is 45.8 Å². The van der Waals surface area contributed by atoms with Gasteiger partial charge >= 0.3 is 0 Å². The molecule has 0 atom stereocenters. The summed E-state index contributed by atoms with van der Waals surface area (Å²) < 4.78 is 0. The van der Waals surface area contributed by atoms with Crippen molar-refractivity contribution in [1.29, 1.82) is 0 Å². The number of anilines is 1. The fourth-order valence-electron chi connectivity index (χ4n) is 2.77. The minimum atomic E-state index is -0.884. The SMILES string of the molecule is CC1=NN(c2ccccc2)C(=O)/C1=C/c1c(C)c(C(N)=O)c(O)[nH]c1=O. The van der Waals surface area contributed by atoms with Gasteiger partial charge in [0, 0.05) is 5.56 Å². The Morgan fingerprint density at radius 3 is 2.50 bits per heavy atom. The third-order valence-electron chi connectivity index (χ3n) is 4.09. The van der Waals surface area contributed by atoms with Gasteiger partial charge in [-0.25, -0.2) is 0 Å². The number of primary amides is 1. The number of amides is 2. The van der Waals surface area contributed by atoms with Crippen molar-refractivity contribution in [1.82, 2.24) is 4.98 Å². The molecule has 1 aromatic heterocycles. The lowest BCUT2D eigenvalue weighted by atomic mass is 10.0. The Labute approximate surface area is 148 Å². The Bertz CT molecular complexity index is 1040. The fraction of sp³-hybridized carbons (Fsp3) is 0.111. The number of carbonyl (C=O) groups is 2. The summed E-state index contributed by atoms with van der Waals surface area (Å²) in [5.74, 6) is -1.89. The Kier molecular flexibility index (Phi) is 4.17. The zero-order valence-electron chi connectivity index (χ0n) is 14.1. The topological polar surface area (TPSA) is 129 Å². The molecular formula is C18H16N4O4. The molecule has 0 bridgehead atoms. The number of nitrogens with two attached hydrogens (primary N) is 1. The number of benzene rings is 1. The van der Waals surface area contributed by atoms with Crippen molar-refractivity contribution in [3.63, 3.8) is 0 Å². The first-order chi connectivity index (χ1) is 12.3. The Morgan fingerprint density at radius 2 is 1.88 bits per heavy atom. The van der Waals surface area contributed by atoms with Crippen molar-refractivity contribution < 1.29 is 14.7 Å². The molecule has 26 heavy (non-hydrogen) atoms. The van der Waals surface area contributed by atoms with Crippen LogP contribution in [0.2, 0.25) is 0 Å². The highest BCUT2D eigenvalue weighted by molar-refractivity contribution is 6.32. The molecule has 4 N–H and O–H groups in total. The molecule has 8 nitrogen and oxygen atoms in total. The summed E-state index contributed by atoms with van der Waals surface area (Å²) in [6.07, 6.45) is 1.35. The van der Waals surface area contributed by atoms with Crippen molar-refractivity contribution >= 4 is 29.3 Å². The van der Waals surface area contributed by atoms with Crippen LogP contribution in [-0.2, 0) is 4.79 Å². The molecular weight excluding hydrogens is 336 g/mol. The molecule has 0 saturated carbocycles. The predicted octanol–water partition coefficient (Wildman–Crippen LogP) is 1.29. The molecule has 1 aromatic carbocycles. The number of aromatic hydroxyl groups is 1. The van der Waals surface area contributed by atoms with E-state index in [1.54, 1.807) is 31.2 Å². The van der Waals surface area contributed by atoms with E-state index >= 15 is 0 Å². The number of aromatic amines is 1. The second-order valence-electron chi connectivity index (χ2n) is 5.78. The summed E-state index contributed by atoms with van der Waals surface area (Å²) in [7, 11) is 0. The molecule has 2 amide bonds. The van der Waals surface area contributed by atoms with Gasteiger partial charge in [-0.2, -0.15) is 10.1 Å². The van der Waals surface area contributed by atoms with Crippen molar-refractivity contribution in [3.05, 3.63) is 62.9 Å². The number of nitrogens with zero attached hydrogens (tertiary/aromatic N) is 2. The van der Waals surface area contributed by atoms with E-state index in [9.17, 15) is 19.5 Å². The van der Waals surface area contributed by atoms with Gasteiger partial charge in [0.15, 0.2) is 0 Å². The highest BCUT2D eigenvalue weighted by Crippen LogP contribution is 2.26. The molecule has 132 valence electrons. The van der Waals surface area contributed by atoms with Gasteiger partial charge in [0.2, 0.25) is 5.88 Å². The Balaban J connectivity index is 2.11. The number of nitrogens with one attached hydrogen (secondary N) is 1. The molecule has 3 rings (SSSR count). The van der Waals surface area contributed by atoms with Gasteiger partial charge < -0.3 is 10.8 Å². The van der Waals surface area contributed by atoms with E-state index in [1.807, 2.05) is 6.07 Å². The van der Waals surface area contributed by atoms with Crippen LogP contribution < -0.4 is 16.3 Å². The standard InChI is InChI=1S/C18H16N4O4/c1-9-12(16(24)20-17(25)14(9)15(19)23)8-13-10(2)21-22(18(13)26)11-6-4-3-5-7-11/h3-8H,1-2H3,(H2,19,23)(H2,20,24,25)/b13-8+. The van der Waals surface area contributed by atoms with Crippen molar-refractivity contribution in [2.45, 2.75) is 13.8 Å². The van der Waals surface area contributed by atoms with E-state index in [4.69, 9.17) is 5.73 Å². The molecule has 8 heteroatoms. The highest BCUT2D eigenvalue weighted by atomic mass is 16.3. The van der Waals surface area contributed by atoms with Gasteiger partial charge in [-0.1, -0.05) is 18.2 Å². The molecule has 2 aromatic rings. The third-order valence-corrected chi connectivity index (χ3v) is 4.09. The van der Waals surface area contributed by atoms with Crippen LogP contribution in [0.1, 0.15) is 28.4 Å². The van der Waals surface area contributed by atoms with Crippen LogP contribution in [-0.4, -0.2) is 27.6 Å². The molecule has 0 radical (unpaired) electrons. The molecule has 0 unspecified atom stereocenters. The van der Waals surface area contributed by atoms with E-state index in [0.29, 0.717) is 11.4 Å². The maximum absolute atomic E-state index is 12.7. The summed E-state index contributed by atoms with van der Waals surface area (Å²) in [5, 5.41) is 15.2. The van der Waals surface area contributed by atoms with Crippen LogP contribution in [0.25, 0.3) is 6.08 Å². The van der Waals surface area contributed by atoms with Crippen molar-refractivity contribution in [2.75, 3.05) is 5.01 Å². The van der Waals surface area contributed by atoms with E-state index < -0.39 is 23.3 Å². The molecule has 1 aliphatic heterocycles. The number of pyridine rings is 1. The lowest BCUT2D eigenvalue weighted by molar-refractivity contribution is -0.114. The fourth-order valence-corrected chi connectivity index (χ4v) is 2.77. The third kappa shape index (κ3) is 2.77. The number of H-pyrrole nitrogens is 1. The lowest BCUT2D eigenvalue weighted by Gasteiger charge is -2.11. The first-order valence-electron chi connectivity index (χ1n) is 7.73. The zero-order valence-corrected chi connectivity index (χ0v) is 14.1. The molecule has 0 spiro atoms. The van der Waals surface area contributed by atoms with Crippen LogP contribution in [0, 0.1) is 6.92 Å². The normalized spacial score (nSPS) is 15.5. The van der Waals surface area contributed by atoms with Gasteiger partial charge in [-0.3, -0.25) is 19.4 Å². The van der Waals surface area contributed by atoms with Gasteiger partial charge in [0.05, 0.1) is 17.0 Å². The largest absolute Gasteiger partial charge is 0.494 e. The second kappa shape index (κ2) is 6.32. The number of rotatable bonds is 3. The monoisotopic (exact) mass is 352 g/mol. The highest BCUT2D eigenvalue weighted by Gasteiger charge is 2.29. The molecule has 1 aliphatic rings. The Hall–Kier alpha value is -3.68. The number of hydrogen-bond acceptors (Lipinski definition) is 5. The average Bonchev–Trinajstić information content (AvgIpc) is 2.86. The zero-order chi connectivity index (χ0) is 19.0. The first-order valence-corrected chi connectivity index (χ1v) is 7.73. The number of para-hydroxylation sites is 1. The van der Waals surface area contributed by atoms with Crippen LogP contribution in [0.4, 0.5) is 5.69 Å². The Morgan fingerprint density at radius 1 is 1.23 bits per heavy atom. The minimum Gasteiger partial charge on any atom is -0.494 e. The van der Waals surface area contributed by atoms with Gasteiger partial charge in [-0.15, -0.1) is 0 Å². The average molecular weight is 352 g/mol. The van der Waals surface area contributed by atoms with Crippen LogP contribution in [0.5, 0.6) is 5.88 Å². The summed E-state index contributed by atoms with van der Waals surface area (Å²) in [5.41, 5.74) is 5.89. The number of hydrazone groups is 1. The predicted molar refractivity (Wildman–Crippen MR) is 97.0 cm³/mol. The van der Waals surface area contributed by atoms with Crippen LogP contribution in [0.3, 0.4) is 0 Å². The summed E-state index contributed by atoms with van der Waals surface area (Å²) >= 11 is 0. The number of carbonyl (C=O) groups excluding carboxylic acids is 2. The molecule has 0 fully saturated rings. The number of aromatic nitrogens is 1. The smallest absolute Gasteiger partial charge is 0.280 e. The number of hydrogen-bond donors (Lipinski definition) is 3. The summed E-state index contributed by atoms with van der Waals surface area (Å²) in [4.78, 5) is 38.6. The van der Waals surface area contributed by atoms with Gasteiger partial charge in [-0.05, 0) is 37.6 Å². The van der Waals surface area contributed by atoms with Gasteiger partial charge in [0.25, 0.3) is 17.4 Å². The first kappa shape index (κ1) is 17.2. The maximum atomic E-state index is 12.7. The van der Waals surface area contributed by atoms with Gasteiger partial charge in [0.1, 0.15) is 5.56 Å². The van der Waals surface area contributed by atoms with E-state index in [1.165, 1.54) is 18.0 Å². The van der Waals surface area contributed by atoms with Crippen molar-refractivity contribution in [2.24, 2.45) is 10.8 Å². The molecule has 2 heterocycles. The van der Waals surface area contributed by atoms with Crippen molar-refractivity contribution in [3.8, 4) is 5.88 Å². The minimum absolute atomic E-state index is 0.0596. The lowest BCUT2D eigenvalue weighted by Crippen LogP contribution is -2.23.